The molecule has 0 aromatic rings. The summed E-state index contributed by atoms with van der Waals surface area (Å²) < 4.78 is 24.3. The number of aliphatic hydroxyl groups excluding tert-OH is 2. The van der Waals surface area contributed by atoms with Gasteiger partial charge in [-0.05, 0) is 34.3 Å². The molecule has 2 unspecified atom stereocenters. The molecule has 0 aliphatic heterocycles. The molecule has 0 radical (unpaired) electrons. The summed E-state index contributed by atoms with van der Waals surface area (Å²) in [5.74, 6) is -3.96. The van der Waals surface area contributed by atoms with Gasteiger partial charge in [0.2, 0.25) is 5.60 Å². The van der Waals surface area contributed by atoms with Crippen molar-refractivity contribution in [2.45, 2.75) is 45.5 Å². The summed E-state index contributed by atoms with van der Waals surface area (Å²) in [5.41, 5.74) is -1.39. The van der Waals surface area contributed by atoms with Crippen molar-refractivity contribution in [2.24, 2.45) is 0 Å². The number of esters is 4. The summed E-state index contributed by atoms with van der Waals surface area (Å²) in [6, 6.07) is 0. The van der Waals surface area contributed by atoms with E-state index in [2.05, 4.69) is 19.7 Å². The molecule has 0 aromatic heterocycles. The number of aliphatic hydroxyl groups is 2. The summed E-state index contributed by atoms with van der Waals surface area (Å²) in [4.78, 5) is 46.6. The molecule has 0 fully saturated rings. The molecule has 32 heavy (non-hydrogen) atoms. The van der Waals surface area contributed by atoms with Crippen molar-refractivity contribution >= 4 is 23.9 Å². The van der Waals surface area contributed by atoms with Crippen LogP contribution in [0.15, 0.2) is 36.6 Å². The number of rotatable bonds is 14. The van der Waals surface area contributed by atoms with Crippen LogP contribution in [0, 0.1) is 0 Å². The van der Waals surface area contributed by atoms with E-state index in [1.807, 2.05) is 0 Å². The minimum absolute atomic E-state index is 0.144. The van der Waals surface area contributed by atoms with Crippen LogP contribution in [0.2, 0.25) is 0 Å². The zero-order valence-electron chi connectivity index (χ0n) is 18.7. The van der Waals surface area contributed by atoms with Crippen LogP contribution < -0.4 is 0 Å². The molecule has 2 N–H and O–H groups in total. The van der Waals surface area contributed by atoms with Gasteiger partial charge in [0.1, 0.15) is 38.6 Å². The lowest BCUT2D eigenvalue weighted by Crippen LogP contribution is -2.39. The lowest BCUT2D eigenvalue weighted by Gasteiger charge is -2.25. The Kier molecular flexibility index (Phi) is 12.0. The Morgan fingerprint density at radius 3 is 1.44 bits per heavy atom. The Morgan fingerprint density at radius 2 is 1.06 bits per heavy atom. The van der Waals surface area contributed by atoms with Gasteiger partial charge in [-0.3, -0.25) is 0 Å². The Balaban J connectivity index is 4.45. The monoisotopic (exact) mass is 458 g/mol. The van der Waals surface area contributed by atoms with Crippen molar-refractivity contribution in [2.75, 3.05) is 26.4 Å². The Hall–Kier alpha value is -3.18. The number of ether oxygens (including phenoxy) is 5. The minimum atomic E-state index is -1.68. The first-order valence-corrected chi connectivity index (χ1v) is 9.41. The van der Waals surface area contributed by atoms with E-state index in [0.717, 1.165) is 0 Å². The van der Waals surface area contributed by atoms with Crippen LogP contribution in [-0.2, 0) is 42.9 Å². The summed E-state index contributed by atoms with van der Waals surface area (Å²) in [6.07, 6.45) is -2.58. The second-order valence-corrected chi connectivity index (χ2v) is 7.30. The summed E-state index contributed by atoms with van der Waals surface area (Å²) in [6.45, 7) is 13.7. The Labute approximate surface area is 186 Å². The molecule has 11 nitrogen and oxygen atoms in total. The summed E-state index contributed by atoms with van der Waals surface area (Å²) in [5, 5.41) is 19.4. The van der Waals surface area contributed by atoms with Gasteiger partial charge in [-0.2, -0.15) is 0 Å². The highest BCUT2D eigenvalue weighted by Crippen LogP contribution is 2.17. The normalized spacial score (nSPS) is 12.6. The van der Waals surface area contributed by atoms with Gasteiger partial charge in [0.15, 0.2) is 5.76 Å². The second kappa shape index (κ2) is 13.3. The molecule has 2 atom stereocenters. The Bertz CT molecular complexity index is 751. The minimum Gasteiger partial charge on any atom is -0.469 e. The van der Waals surface area contributed by atoms with Crippen LogP contribution in [0.3, 0.4) is 0 Å². The highest BCUT2D eigenvalue weighted by atomic mass is 16.6. The fourth-order valence-electron chi connectivity index (χ4n) is 1.68. The zero-order valence-corrected chi connectivity index (χ0v) is 18.7. The molecule has 0 bridgehead atoms. The van der Waals surface area contributed by atoms with Crippen molar-refractivity contribution < 1.29 is 53.1 Å². The predicted molar refractivity (Wildman–Crippen MR) is 110 cm³/mol. The molecule has 0 saturated heterocycles. The second-order valence-electron chi connectivity index (χ2n) is 7.30. The molecule has 0 amide bonds. The van der Waals surface area contributed by atoms with Gasteiger partial charge in [-0.25, -0.2) is 19.2 Å². The molecule has 0 aliphatic carbocycles. The van der Waals surface area contributed by atoms with Gasteiger partial charge >= 0.3 is 23.9 Å². The van der Waals surface area contributed by atoms with E-state index in [1.165, 1.54) is 27.7 Å². The fourth-order valence-corrected chi connectivity index (χ4v) is 1.68. The van der Waals surface area contributed by atoms with Crippen molar-refractivity contribution in [3.63, 3.8) is 0 Å². The number of carbonyl (C=O) groups excluding carboxylic acids is 4. The average molecular weight is 458 g/mol. The molecule has 0 heterocycles. The van der Waals surface area contributed by atoms with Crippen molar-refractivity contribution in [1.82, 2.24) is 0 Å². The van der Waals surface area contributed by atoms with Gasteiger partial charge in [-0.1, -0.05) is 13.2 Å². The molecule has 11 heteroatoms. The lowest BCUT2D eigenvalue weighted by atomic mass is 10.1. The van der Waals surface area contributed by atoms with E-state index in [4.69, 9.17) is 23.7 Å². The van der Waals surface area contributed by atoms with E-state index in [9.17, 15) is 29.4 Å². The molecular formula is C21H30O11. The fraction of sp³-hybridized carbons (Fsp3) is 0.524. The van der Waals surface area contributed by atoms with Gasteiger partial charge in [0.05, 0.1) is 0 Å². The third-order valence-electron chi connectivity index (χ3n) is 3.42. The smallest absolute Gasteiger partial charge is 0.373 e. The largest absolute Gasteiger partial charge is 0.469 e. The van der Waals surface area contributed by atoms with Crippen molar-refractivity contribution in [3.05, 3.63) is 36.6 Å². The van der Waals surface area contributed by atoms with Crippen LogP contribution in [0.1, 0.15) is 27.7 Å². The quantitative estimate of drug-likeness (QED) is 0.160. The van der Waals surface area contributed by atoms with Gasteiger partial charge < -0.3 is 33.9 Å². The van der Waals surface area contributed by atoms with Crippen molar-refractivity contribution in [1.29, 1.82) is 0 Å². The molecule has 180 valence electrons. The summed E-state index contributed by atoms with van der Waals surface area (Å²) in [7, 11) is 0. The molecular weight excluding hydrogens is 428 g/mol. The van der Waals surface area contributed by atoms with Gasteiger partial charge in [-0.15, -0.1) is 0 Å². The van der Waals surface area contributed by atoms with Crippen LogP contribution >= 0.6 is 0 Å². The molecule has 0 rings (SSSR count). The number of carbonyl (C=O) groups is 4. The molecule has 0 saturated carbocycles. The summed E-state index contributed by atoms with van der Waals surface area (Å²) >= 11 is 0. The van der Waals surface area contributed by atoms with E-state index in [0.29, 0.717) is 0 Å². The molecule has 0 spiro atoms. The molecule has 0 aliphatic rings. The van der Waals surface area contributed by atoms with Gasteiger partial charge in [0, 0.05) is 11.1 Å². The Morgan fingerprint density at radius 1 is 0.719 bits per heavy atom. The first-order valence-electron chi connectivity index (χ1n) is 9.41. The maximum atomic E-state index is 12.2. The van der Waals surface area contributed by atoms with Crippen LogP contribution in [0.5, 0.6) is 0 Å². The van der Waals surface area contributed by atoms with E-state index >= 15 is 0 Å². The zero-order chi connectivity index (χ0) is 25.1. The first-order chi connectivity index (χ1) is 14.7. The third kappa shape index (κ3) is 11.3. The lowest BCUT2D eigenvalue weighted by molar-refractivity contribution is -0.171. The van der Waals surface area contributed by atoms with Crippen LogP contribution in [-0.4, -0.2) is 78.3 Å². The topological polar surface area (TPSA) is 155 Å². The van der Waals surface area contributed by atoms with Gasteiger partial charge in [0.25, 0.3) is 0 Å². The standard InChI is InChI=1S/C21H30O11/c1-12(2)17(24)28-8-15(22)10-30-19(26)14(5)32-21(6,7)20(27)31-11-16(23)9-29-18(25)13(3)4/h15-16,22-23H,1,3,5,8-11H2,2,4,6-7H3. The number of hydrogen-bond acceptors (Lipinski definition) is 11. The van der Waals surface area contributed by atoms with E-state index in [-0.39, 0.29) is 11.1 Å². The van der Waals surface area contributed by atoms with Crippen LogP contribution in [0.4, 0.5) is 0 Å². The maximum absolute atomic E-state index is 12.2. The predicted octanol–water partition coefficient (Wildman–Crippen LogP) is 0.342. The highest BCUT2D eigenvalue weighted by Gasteiger charge is 2.34. The SMILES string of the molecule is C=C(C)C(=O)OCC(O)COC(=O)C(=C)OC(C)(C)C(=O)OCC(O)COC(=O)C(=C)C. The molecule has 0 aromatic carbocycles. The van der Waals surface area contributed by atoms with E-state index < -0.39 is 73.9 Å². The average Bonchev–Trinajstić information content (AvgIpc) is 2.71. The maximum Gasteiger partial charge on any atom is 0.373 e. The van der Waals surface area contributed by atoms with Crippen molar-refractivity contribution in [3.8, 4) is 0 Å². The van der Waals surface area contributed by atoms with E-state index in [1.54, 1.807) is 0 Å². The first kappa shape index (κ1) is 28.8. The third-order valence-corrected chi connectivity index (χ3v) is 3.42. The highest BCUT2D eigenvalue weighted by molar-refractivity contribution is 5.88. The number of hydrogen-bond donors (Lipinski definition) is 2. The van der Waals surface area contributed by atoms with Crippen LogP contribution in [0.25, 0.3) is 0 Å².